The fourth-order valence-corrected chi connectivity index (χ4v) is 1.34. The monoisotopic (exact) mass is 249 g/mol. The Morgan fingerprint density at radius 1 is 0.667 bits per heavy atom. The number of halogens is 6. The van der Waals surface area contributed by atoms with Crippen LogP contribution in [0.1, 0.15) is 27.7 Å². The van der Waals surface area contributed by atoms with E-state index < -0.39 is 0 Å². The highest BCUT2D eigenvalue weighted by atomic mass is 19.0. The molecule has 7 heteroatoms. The van der Waals surface area contributed by atoms with E-state index in [4.69, 9.17) is 0 Å². The molecule has 0 heterocycles. The lowest BCUT2D eigenvalue weighted by molar-refractivity contribution is -0.921. The highest BCUT2D eigenvalue weighted by Crippen LogP contribution is 2.03. The topological polar surface area (TPSA) is 0 Å². The number of quaternary nitrogens is 1. The van der Waals surface area contributed by atoms with E-state index in [0.29, 0.717) is 0 Å². The first-order chi connectivity index (χ1) is 5.66. The van der Waals surface area contributed by atoms with Gasteiger partial charge in [0.05, 0.1) is 26.2 Å². The first-order valence-corrected chi connectivity index (χ1v) is 4.09. The number of nitrogens with zero attached hydrogens (tertiary/aromatic N) is 1. The molecular weight excluding hydrogens is 224 g/mol. The molecule has 0 amide bonds. The van der Waals surface area contributed by atoms with Crippen molar-refractivity contribution in [2.24, 2.45) is 0 Å². The normalized spacial score (nSPS) is 7.87. The zero-order valence-corrected chi connectivity index (χ0v) is 9.66. The van der Waals surface area contributed by atoms with Crippen molar-refractivity contribution in [2.45, 2.75) is 27.7 Å². The molecule has 104 valence electrons. The maximum absolute atomic E-state index is 9.38. The summed E-state index contributed by atoms with van der Waals surface area (Å²) in [7, 11) is 0. The lowest BCUT2D eigenvalue weighted by Crippen LogP contribution is -2.47. The molecule has 1 nitrogen and oxygen atoms in total. The Bertz CT molecular complexity index is 77.1. The van der Waals surface area contributed by atoms with Crippen LogP contribution in [0, 0.1) is 0 Å². The first-order valence-electron chi connectivity index (χ1n) is 4.85. The lowest BCUT2D eigenvalue weighted by Gasteiger charge is -2.34. The number of hydrogen-bond acceptors (Lipinski definition) is 0. The molecule has 0 aliphatic rings. The fraction of sp³-hybridized carbons (Fsp3) is 1.00. The second-order valence-corrected chi connectivity index (χ2v) is 2.61. The van der Waals surface area contributed by atoms with Gasteiger partial charge in [0.15, 0.2) is 1.48 Å². The van der Waals surface area contributed by atoms with Crippen molar-refractivity contribution in [2.75, 3.05) is 26.2 Å². The fourth-order valence-electron chi connectivity index (χ4n) is 1.34. The quantitative estimate of drug-likeness (QED) is 0.530. The standard InChI is InChI=1S/C8H20N.F2H.4FH/c1-5-9(6-2,7-3)8-4;1-3-2;;;;/h5-8H2,1-4H3;;4*1H/q+1;-1;;;;. The molecule has 0 atom stereocenters. The highest BCUT2D eigenvalue weighted by molar-refractivity contribution is 4.31. The van der Waals surface area contributed by atoms with Crippen LogP contribution < -0.4 is 0 Å². The first kappa shape index (κ1) is 29.3. The Morgan fingerprint density at radius 2 is 0.800 bits per heavy atom. The Hall–Kier alpha value is -0.460. The molecule has 0 saturated carbocycles. The molecular formula is C8H25F6N. The molecule has 0 aromatic heterocycles. The maximum atomic E-state index is 9.38. The molecule has 0 aromatic carbocycles. The summed E-state index contributed by atoms with van der Waals surface area (Å²) < 4.78 is 19.8. The van der Waals surface area contributed by atoms with Gasteiger partial charge in [0.1, 0.15) is 0 Å². The van der Waals surface area contributed by atoms with Crippen molar-refractivity contribution < 1.29 is 32.7 Å². The molecule has 0 radical (unpaired) electrons. The van der Waals surface area contributed by atoms with Crippen LogP contribution >= 0.6 is 0 Å². The van der Waals surface area contributed by atoms with Gasteiger partial charge in [-0.25, -0.2) is 0 Å². The van der Waals surface area contributed by atoms with E-state index in [1.165, 1.54) is 30.7 Å². The summed E-state index contributed by atoms with van der Waals surface area (Å²) in [5.41, 5.74) is 0. The van der Waals surface area contributed by atoms with Crippen molar-refractivity contribution >= 4 is 0 Å². The molecule has 0 saturated heterocycles. The Balaban J connectivity index is -0.0000000324. The van der Waals surface area contributed by atoms with Crippen LogP contribution in [0.15, 0.2) is 0 Å². The third-order valence-electron chi connectivity index (χ3n) is 2.68. The smallest absolute Gasteiger partial charge is 0.180 e. The Labute approximate surface area is 89.2 Å². The van der Waals surface area contributed by atoms with Gasteiger partial charge in [-0.15, -0.1) is 0 Å². The maximum Gasteiger partial charge on any atom is 0.180 e. The minimum Gasteiger partial charge on any atom is -0.590 e. The van der Waals surface area contributed by atoms with E-state index in [0.717, 1.165) is 0 Å². The van der Waals surface area contributed by atoms with Crippen molar-refractivity contribution in [1.82, 2.24) is 0 Å². The van der Waals surface area contributed by atoms with Crippen molar-refractivity contribution in [3.05, 3.63) is 0 Å². The molecule has 15 heavy (non-hydrogen) atoms. The van der Waals surface area contributed by atoms with Crippen LogP contribution in [0.5, 0.6) is 0 Å². The Morgan fingerprint density at radius 3 is 0.800 bits per heavy atom. The number of rotatable bonds is 4. The summed E-state index contributed by atoms with van der Waals surface area (Å²) in [4.78, 5) is 0. The van der Waals surface area contributed by atoms with Gasteiger partial charge < -0.3 is 13.9 Å². The Kier molecular flexibility index (Phi) is 45.7. The van der Waals surface area contributed by atoms with Crippen LogP contribution in [0.4, 0.5) is 28.3 Å². The summed E-state index contributed by atoms with van der Waals surface area (Å²) in [5, 5.41) is 0. The third-order valence-corrected chi connectivity index (χ3v) is 2.68. The van der Waals surface area contributed by atoms with Crippen molar-refractivity contribution in [1.29, 1.82) is 1.48 Å². The van der Waals surface area contributed by atoms with Crippen LogP contribution in [-0.4, -0.2) is 32.1 Å². The van der Waals surface area contributed by atoms with Crippen LogP contribution in [-0.2, 0) is 0 Å². The second kappa shape index (κ2) is 23.4. The summed E-state index contributed by atoms with van der Waals surface area (Å²) in [6.45, 7) is 14.2. The van der Waals surface area contributed by atoms with E-state index in [1.807, 2.05) is 0 Å². The van der Waals surface area contributed by atoms with Crippen molar-refractivity contribution in [3.63, 3.8) is 0 Å². The van der Waals surface area contributed by atoms with Gasteiger partial charge in [-0.3, -0.25) is 18.8 Å². The van der Waals surface area contributed by atoms with Gasteiger partial charge in [-0.2, -0.15) is 0 Å². The summed E-state index contributed by atoms with van der Waals surface area (Å²) >= 11 is 0. The lowest BCUT2D eigenvalue weighted by atomic mass is 10.3. The van der Waals surface area contributed by atoms with Gasteiger partial charge in [0.25, 0.3) is 0 Å². The van der Waals surface area contributed by atoms with Crippen LogP contribution in [0.3, 0.4) is 0 Å². The zero-order valence-electron chi connectivity index (χ0n) is 10.7. The molecule has 0 aliphatic heterocycles. The summed E-state index contributed by atoms with van der Waals surface area (Å²) in [6, 6.07) is 0. The van der Waals surface area contributed by atoms with Crippen LogP contribution in [0.2, 0.25) is 0 Å². The molecule has 0 N–H and O–H groups in total. The van der Waals surface area contributed by atoms with E-state index in [-0.39, 0.29) is 20.3 Å². The molecule has 0 aromatic rings. The van der Waals surface area contributed by atoms with E-state index in [1.54, 1.807) is 0 Å². The number of hydrogen-bond donors (Lipinski definition) is 0. The van der Waals surface area contributed by atoms with Gasteiger partial charge in [-0.1, -0.05) is 0 Å². The predicted molar refractivity (Wildman–Crippen MR) is 56.0 cm³/mol. The average molecular weight is 249 g/mol. The molecule has 0 bridgehead atoms. The van der Waals surface area contributed by atoms with E-state index in [9.17, 15) is 9.44 Å². The minimum atomic E-state index is -0.250. The SMILES string of the molecule is CC[N+](CC)(CC)CC.F.F.F.F.F[H-]F. The molecule has 0 unspecified atom stereocenters. The predicted octanol–water partition coefficient (Wildman–Crippen LogP) is 3.07. The summed E-state index contributed by atoms with van der Waals surface area (Å²) in [6.07, 6.45) is 0. The third kappa shape index (κ3) is 13.5. The van der Waals surface area contributed by atoms with Crippen LogP contribution in [0.25, 0.3) is 0 Å². The zero-order chi connectivity index (χ0) is 10.0. The van der Waals surface area contributed by atoms with Crippen molar-refractivity contribution in [3.8, 4) is 0 Å². The average Bonchev–Trinajstić information content (AvgIpc) is 2.11. The highest BCUT2D eigenvalue weighted by Gasteiger charge is 2.16. The van der Waals surface area contributed by atoms with E-state index in [2.05, 4.69) is 27.7 Å². The second-order valence-electron chi connectivity index (χ2n) is 2.61. The van der Waals surface area contributed by atoms with Gasteiger partial charge >= 0.3 is 0 Å². The van der Waals surface area contributed by atoms with E-state index >= 15 is 0 Å². The molecule has 0 fully saturated rings. The van der Waals surface area contributed by atoms with Gasteiger partial charge in [0.2, 0.25) is 0 Å². The molecule has 0 aliphatic carbocycles. The molecule has 0 rings (SSSR count). The summed E-state index contributed by atoms with van der Waals surface area (Å²) in [5.74, 6) is 0. The molecule has 0 spiro atoms. The minimum absolute atomic E-state index is 0. The largest absolute Gasteiger partial charge is 0.590 e. The van der Waals surface area contributed by atoms with Gasteiger partial charge in [0, 0.05) is 0 Å². The van der Waals surface area contributed by atoms with Gasteiger partial charge in [-0.05, 0) is 27.7 Å².